The van der Waals surface area contributed by atoms with Crippen molar-refractivity contribution in [3.8, 4) is 11.4 Å². The molecule has 164 valence electrons. The summed E-state index contributed by atoms with van der Waals surface area (Å²) in [6.07, 6.45) is 9.21. The summed E-state index contributed by atoms with van der Waals surface area (Å²) in [5.41, 5.74) is 1.61. The fraction of sp³-hybridized carbons (Fsp3) is 0.333. The van der Waals surface area contributed by atoms with Gasteiger partial charge in [-0.25, -0.2) is 24.3 Å². The van der Waals surface area contributed by atoms with Gasteiger partial charge in [0.25, 0.3) is 5.91 Å². The number of anilines is 1. The third-order valence-corrected chi connectivity index (χ3v) is 5.55. The molecule has 1 aliphatic rings. The zero-order valence-electron chi connectivity index (χ0n) is 17.3. The average molecular weight is 436 g/mol. The van der Waals surface area contributed by atoms with E-state index in [-0.39, 0.29) is 29.5 Å². The Morgan fingerprint density at radius 1 is 1.25 bits per heavy atom. The molecule has 0 aromatic carbocycles. The number of aryl methyl sites for hydroxylation is 1. The topological polar surface area (TPSA) is 135 Å². The lowest BCUT2D eigenvalue weighted by Crippen LogP contribution is -2.42. The van der Waals surface area contributed by atoms with Gasteiger partial charge in [-0.05, 0) is 32.6 Å². The van der Waals surface area contributed by atoms with Gasteiger partial charge < -0.3 is 20.1 Å². The average Bonchev–Trinajstić information content (AvgIpc) is 3.42. The van der Waals surface area contributed by atoms with Crippen molar-refractivity contribution in [2.75, 3.05) is 5.32 Å². The predicted molar refractivity (Wildman–Crippen MR) is 113 cm³/mol. The number of amides is 1. The number of aromatic amines is 1. The number of halogens is 1. The number of fused-ring (bicyclic) bond motifs is 1. The molecular weight excluding hydrogens is 415 g/mol. The highest BCUT2D eigenvalue weighted by atomic mass is 19.1. The van der Waals surface area contributed by atoms with Crippen molar-refractivity contribution in [3.63, 3.8) is 0 Å². The first-order valence-corrected chi connectivity index (χ1v) is 10.4. The molecular formula is C21H21FN8O2. The Hall–Kier alpha value is -3.89. The number of carbonyl (C=O) groups is 1. The Kier molecular flexibility index (Phi) is 5.21. The number of H-pyrrole nitrogens is 1. The summed E-state index contributed by atoms with van der Waals surface area (Å²) in [6.45, 7) is 1.73. The SMILES string of the molecule is Cc1cc(C(=O)N[C@@H]2CCC[C@@H](Nc3nc(-c4c[nH]c5ncncc45)ncc3F)C2)no1. The van der Waals surface area contributed by atoms with E-state index in [1.165, 1.54) is 6.33 Å². The van der Waals surface area contributed by atoms with Gasteiger partial charge >= 0.3 is 0 Å². The Labute approximate surface area is 182 Å². The Morgan fingerprint density at radius 3 is 2.97 bits per heavy atom. The maximum Gasteiger partial charge on any atom is 0.273 e. The molecule has 11 heteroatoms. The van der Waals surface area contributed by atoms with Gasteiger partial charge in [0.15, 0.2) is 23.2 Å². The first-order chi connectivity index (χ1) is 15.6. The normalized spacial score (nSPS) is 18.6. The third kappa shape index (κ3) is 4.01. The summed E-state index contributed by atoms with van der Waals surface area (Å²) in [5, 5.41) is 10.7. The first-order valence-electron chi connectivity index (χ1n) is 10.4. The second-order valence-electron chi connectivity index (χ2n) is 7.88. The van der Waals surface area contributed by atoms with Crippen LogP contribution in [0.25, 0.3) is 22.4 Å². The lowest BCUT2D eigenvalue weighted by atomic mass is 9.91. The maximum atomic E-state index is 14.5. The fourth-order valence-corrected chi connectivity index (χ4v) is 4.02. The van der Waals surface area contributed by atoms with Gasteiger partial charge in [-0.1, -0.05) is 5.16 Å². The summed E-state index contributed by atoms with van der Waals surface area (Å²) in [5.74, 6) is 0.274. The summed E-state index contributed by atoms with van der Waals surface area (Å²) in [7, 11) is 0. The summed E-state index contributed by atoms with van der Waals surface area (Å²) in [6, 6.07) is 1.50. The summed E-state index contributed by atoms with van der Waals surface area (Å²) in [4.78, 5) is 32.2. The summed E-state index contributed by atoms with van der Waals surface area (Å²) < 4.78 is 19.5. The maximum absolute atomic E-state index is 14.5. The largest absolute Gasteiger partial charge is 0.365 e. The van der Waals surface area contributed by atoms with Gasteiger partial charge in [0.05, 0.1) is 6.20 Å². The van der Waals surface area contributed by atoms with Crippen molar-refractivity contribution in [1.29, 1.82) is 0 Å². The quantitative estimate of drug-likeness (QED) is 0.435. The molecule has 0 unspecified atom stereocenters. The van der Waals surface area contributed by atoms with E-state index in [1.807, 2.05) is 0 Å². The smallest absolute Gasteiger partial charge is 0.273 e. The first kappa shape index (κ1) is 20.0. The van der Waals surface area contributed by atoms with E-state index in [0.29, 0.717) is 29.2 Å². The minimum Gasteiger partial charge on any atom is -0.365 e. The molecule has 0 bridgehead atoms. The molecule has 4 heterocycles. The lowest BCUT2D eigenvalue weighted by Gasteiger charge is -2.30. The van der Waals surface area contributed by atoms with Crippen LogP contribution in [0.2, 0.25) is 0 Å². The Balaban J connectivity index is 1.30. The fourth-order valence-electron chi connectivity index (χ4n) is 4.02. The number of hydrogen-bond donors (Lipinski definition) is 3. The van der Waals surface area contributed by atoms with Crippen LogP contribution in [-0.4, -0.2) is 48.1 Å². The molecule has 10 nitrogen and oxygen atoms in total. The Morgan fingerprint density at radius 2 is 2.12 bits per heavy atom. The molecule has 0 saturated heterocycles. The van der Waals surface area contributed by atoms with Gasteiger partial charge in [-0.2, -0.15) is 0 Å². The van der Waals surface area contributed by atoms with Crippen LogP contribution in [-0.2, 0) is 0 Å². The van der Waals surface area contributed by atoms with Crippen molar-refractivity contribution < 1.29 is 13.7 Å². The highest BCUT2D eigenvalue weighted by molar-refractivity contribution is 5.92. The van der Waals surface area contributed by atoms with Gasteiger partial charge in [0, 0.05) is 41.5 Å². The van der Waals surface area contributed by atoms with Crippen molar-refractivity contribution >= 4 is 22.8 Å². The Bertz CT molecular complexity index is 1270. The molecule has 1 aliphatic carbocycles. The van der Waals surface area contributed by atoms with Gasteiger partial charge in [0.1, 0.15) is 17.7 Å². The van der Waals surface area contributed by atoms with Gasteiger partial charge in [-0.15, -0.1) is 0 Å². The monoisotopic (exact) mass is 436 g/mol. The molecule has 0 spiro atoms. The minimum atomic E-state index is -0.533. The molecule has 1 fully saturated rings. The van der Waals surface area contributed by atoms with E-state index in [2.05, 4.69) is 40.7 Å². The number of hydrogen-bond acceptors (Lipinski definition) is 8. The number of rotatable bonds is 5. The second-order valence-corrected chi connectivity index (χ2v) is 7.88. The van der Waals surface area contributed by atoms with E-state index < -0.39 is 5.82 Å². The third-order valence-electron chi connectivity index (χ3n) is 5.55. The number of carbonyl (C=O) groups excluding carboxylic acids is 1. The van der Waals surface area contributed by atoms with E-state index in [4.69, 9.17) is 4.52 Å². The molecule has 0 radical (unpaired) electrons. The minimum absolute atomic E-state index is 0.0448. The van der Waals surface area contributed by atoms with Crippen LogP contribution in [0, 0.1) is 12.7 Å². The molecule has 1 saturated carbocycles. The molecule has 4 aromatic heterocycles. The van der Waals surface area contributed by atoms with Crippen LogP contribution >= 0.6 is 0 Å². The zero-order valence-corrected chi connectivity index (χ0v) is 17.3. The molecule has 0 aliphatic heterocycles. The van der Waals surface area contributed by atoms with Gasteiger partial charge in [-0.3, -0.25) is 4.79 Å². The highest BCUT2D eigenvalue weighted by Gasteiger charge is 2.26. The predicted octanol–water partition coefficient (Wildman–Crippen LogP) is 3.00. The van der Waals surface area contributed by atoms with Crippen molar-refractivity contribution in [2.24, 2.45) is 0 Å². The van der Waals surface area contributed by atoms with Crippen molar-refractivity contribution in [2.45, 2.75) is 44.7 Å². The molecule has 4 aromatic rings. The van der Waals surface area contributed by atoms with Crippen LogP contribution < -0.4 is 10.6 Å². The van der Waals surface area contributed by atoms with Crippen LogP contribution in [0.4, 0.5) is 10.2 Å². The molecule has 3 N–H and O–H groups in total. The van der Waals surface area contributed by atoms with Crippen molar-refractivity contribution in [1.82, 2.24) is 35.4 Å². The van der Waals surface area contributed by atoms with E-state index in [1.54, 1.807) is 25.4 Å². The number of aromatic nitrogens is 6. The molecule has 2 atom stereocenters. The van der Waals surface area contributed by atoms with Crippen molar-refractivity contribution in [3.05, 3.63) is 48.3 Å². The van der Waals surface area contributed by atoms with E-state index >= 15 is 0 Å². The van der Waals surface area contributed by atoms with E-state index in [9.17, 15) is 9.18 Å². The number of nitrogens with zero attached hydrogens (tertiary/aromatic N) is 5. The molecule has 1 amide bonds. The standard InChI is InChI=1S/C21H21FN8O2/c1-11-5-17(30-32-11)21(31)28-13-4-2-3-12(6-13)27-20-16(22)9-25-19(29-20)15-8-24-18-14(15)7-23-10-26-18/h5,7-10,12-13H,2-4,6H2,1H3,(H,28,31)(H,23,24,26)(H,25,27,29)/t12-,13-/m1/s1. The van der Waals surface area contributed by atoms with Crippen LogP contribution in [0.5, 0.6) is 0 Å². The van der Waals surface area contributed by atoms with Crippen LogP contribution in [0.15, 0.2) is 35.5 Å². The van der Waals surface area contributed by atoms with Crippen LogP contribution in [0.3, 0.4) is 0 Å². The lowest BCUT2D eigenvalue weighted by molar-refractivity contribution is 0.0917. The summed E-state index contributed by atoms with van der Waals surface area (Å²) >= 11 is 0. The van der Waals surface area contributed by atoms with E-state index in [0.717, 1.165) is 30.8 Å². The van der Waals surface area contributed by atoms with Gasteiger partial charge in [0.2, 0.25) is 0 Å². The zero-order chi connectivity index (χ0) is 22.1. The molecule has 5 rings (SSSR count). The number of nitrogens with one attached hydrogen (secondary N) is 3. The highest BCUT2D eigenvalue weighted by Crippen LogP contribution is 2.27. The molecule has 32 heavy (non-hydrogen) atoms. The second kappa shape index (κ2) is 8.33. The van der Waals surface area contributed by atoms with Crippen LogP contribution in [0.1, 0.15) is 41.9 Å².